The summed E-state index contributed by atoms with van der Waals surface area (Å²) in [5, 5.41) is 138. The van der Waals surface area contributed by atoms with E-state index in [0.29, 0.717) is 0 Å². The van der Waals surface area contributed by atoms with Crippen molar-refractivity contribution in [2.24, 2.45) is 5.41 Å². The number of aliphatic carboxylic acids is 12. The fraction of sp³-hybridized carbons (Fsp3) is 0.753. The van der Waals surface area contributed by atoms with Crippen LogP contribution in [-0.2, 0) is 95.9 Å². The van der Waals surface area contributed by atoms with Gasteiger partial charge in [-0.15, -0.1) is 0 Å². The van der Waals surface area contributed by atoms with Gasteiger partial charge in [0.2, 0.25) is 47.3 Å². The summed E-state index contributed by atoms with van der Waals surface area (Å²) < 4.78 is 0. The van der Waals surface area contributed by atoms with Gasteiger partial charge in [-0.1, -0.05) is 0 Å². The minimum Gasteiger partial charge on any atom is -0.480 e. The maximum Gasteiger partial charge on any atom is 3.00 e. The molecule has 0 aliphatic carbocycles. The van der Waals surface area contributed by atoms with Crippen LogP contribution in [0, 0.1) is 165 Å². The summed E-state index contributed by atoms with van der Waals surface area (Å²) in [6.45, 7) is -5.00. The third-order valence-corrected chi connectivity index (χ3v) is 23.8. The average Bonchev–Trinajstić information content (AvgIpc) is 0.844. The molecule has 0 aromatic rings. The molecular weight excluding hydrogens is 2450 g/mol. The van der Waals surface area contributed by atoms with E-state index in [-0.39, 0.29) is 369 Å². The molecule has 8 amide bonds. The summed E-state index contributed by atoms with van der Waals surface area (Å²) in [6, 6.07) is -4.54. The Morgan fingerprint density at radius 1 is 0.184 bits per heavy atom. The SMILES string of the molecule is C[C@H](C(=O)NCC(=O)NCC(CNC(=O)CNC(=O)[C@@H](C)N1CCN(CC(=O)O)CCN(CC(=O)O)CCN(CC(=O)O)CC1)(CNC(=O)CNC(=O)[C@@H](C)N1CCN(CC(=O)O)CCN(CC(=O)O)CCN(CC(=O)O)CC1)CNC(=O)CNC(=O)[C@@H](C)N1CCN(CC(=O)O)CCN(CC(=O)O)CCN(CC(=O)O)CC1)N1CCN(CC(=O)O)CCN(CC(=O)O)CCN(CC(=O)O)CC1.[Gd+3].[Gd+3].[Gd+3].[Gd+3]. The van der Waals surface area contributed by atoms with E-state index in [2.05, 4.69) is 42.5 Å². The van der Waals surface area contributed by atoms with Gasteiger partial charge in [0.15, 0.2) is 0 Å². The van der Waals surface area contributed by atoms with Crippen LogP contribution in [0.25, 0.3) is 0 Å². The minimum atomic E-state index is -1.89. The number of carboxylic acids is 12. The molecule has 4 fully saturated rings. The monoisotopic (exact) mass is 2590 g/mol. The summed E-state index contributed by atoms with van der Waals surface area (Å²) in [6.07, 6.45) is 0. The third-order valence-electron chi connectivity index (χ3n) is 23.8. The summed E-state index contributed by atoms with van der Waals surface area (Å²) in [5.74, 6) is -21.4. The van der Waals surface area contributed by atoms with Crippen LogP contribution in [-0.4, -0.2) is 623 Å². The summed E-state index contributed by atoms with van der Waals surface area (Å²) in [4.78, 5) is 284. The molecular formula is C81H140Gd4N24O32+12. The first-order valence-corrected chi connectivity index (χ1v) is 45.1. The predicted molar refractivity (Wildman–Crippen MR) is 480 cm³/mol. The maximum absolute atomic E-state index is 14.5. The van der Waals surface area contributed by atoms with Crippen molar-refractivity contribution >= 4 is 119 Å². The van der Waals surface area contributed by atoms with E-state index in [1.54, 1.807) is 19.6 Å². The molecule has 141 heavy (non-hydrogen) atoms. The van der Waals surface area contributed by atoms with E-state index in [1.165, 1.54) is 86.5 Å². The zero-order valence-corrected chi connectivity index (χ0v) is 88.8. The van der Waals surface area contributed by atoms with Crippen molar-refractivity contribution in [3.8, 4) is 0 Å². The second-order valence-corrected chi connectivity index (χ2v) is 34.4. The van der Waals surface area contributed by atoms with E-state index in [9.17, 15) is 157 Å². The van der Waals surface area contributed by atoms with Crippen molar-refractivity contribution in [2.45, 2.75) is 51.9 Å². The Hall–Kier alpha value is -5.94. The van der Waals surface area contributed by atoms with Crippen LogP contribution >= 0.6 is 0 Å². The normalized spacial score (nSPS) is 18.7. The third kappa shape index (κ3) is 59.6. The van der Waals surface area contributed by atoms with Crippen molar-refractivity contribution in [2.75, 3.05) is 340 Å². The quantitative estimate of drug-likeness (QED) is 0.0269. The van der Waals surface area contributed by atoms with E-state index in [1.807, 2.05) is 0 Å². The van der Waals surface area contributed by atoms with Gasteiger partial charge < -0.3 is 104 Å². The molecule has 4 aliphatic rings. The Morgan fingerprint density at radius 3 is 0.383 bits per heavy atom. The standard InChI is InChI=1S/C81H140N24O32.4Gd/c1-57(102-29-21-94(45-69(118)119)13-5-90(41-65(110)111)6-14-95(22-30-102)46-70(120)121)77(134)82-37-61(106)86-53-81(54-87-62(107)38-83-78(135)58(2)103-31-23-96(47-71(122)123)15-7-91(42-66(112)113)8-16-97(24-32-103)48-72(124)125,55-88-63(108)39-84-79(136)59(3)104-33-25-98(49-73(126)127)17-9-92(43-67(114)115)10-18-99(26-34-104)50-74(128)129)56-89-64(109)40-85-80(137)60(4)105-35-27-100(51-75(130)131)19-11-93(44-68(116)117)12-20-101(28-36-105)52-76(132)133;;;;/h57-60H,5-56H2,1-4H3,(H,82,134)(H,83,135)(H,84,136)(H,85,137)(H,86,106)(H,87,107)(H,88,108)(H,89,109)(H,110,111)(H,112,113)(H,114,115)(H,116,117)(H,118,119)(H,120,121)(H,122,123)(H,124,125)(H,126,127)(H,128,129)(H,130,131)(H,132,133);;;;/q;4*+3/t57-,58-,59-,60-;;;;/m1..../s1. The summed E-state index contributed by atoms with van der Waals surface area (Å²) in [7, 11) is 0. The largest absolute Gasteiger partial charge is 3.00 e. The zero-order valence-electron chi connectivity index (χ0n) is 79.7. The molecule has 4 rings (SSSR count). The molecule has 60 heteroatoms. The molecule has 0 spiro atoms. The number of nitrogens with one attached hydrogen (secondary N) is 8. The number of carbonyl (C=O) groups excluding carboxylic acids is 8. The van der Waals surface area contributed by atoms with Crippen molar-refractivity contribution in [1.29, 1.82) is 0 Å². The number of nitrogens with zero attached hydrogens (tertiary/aromatic N) is 16. The van der Waals surface area contributed by atoms with Gasteiger partial charge in [-0.05, 0) is 27.7 Å². The number of carbonyl (C=O) groups is 20. The summed E-state index contributed by atoms with van der Waals surface area (Å²) in [5.41, 5.74) is -1.89. The number of amides is 8. The number of carboxylic acid groups (broad SMARTS) is 12. The van der Waals surface area contributed by atoms with Gasteiger partial charge in [0, 0.05) is 241 Å². The van der Waals surface area contributed by atoms with Gasteiger partial charge in [0.1, 0.15) is 0 Å². The summed E-state index contributed by atoms with van der Waals surface area (Å²) >= 11 is 0. The number of rotatable bonds is 48. The second-order valence-electron chi connectivity index (χ2n) is 34.4. The second kappa shape index (κ2) is 73.2. The fourth-order valence-corrected chi connectivity index (χ4v) is 15.6. The van der Waals surface area contributed by atoms with Gasteiger partial charge >= 0.3 is 231 Å². The minimum absolute atomic E-state index is 0. The van der Waals surface area contributed by atoms with Crippen LogP contribution < -0.4 is 42.5 Å². The molecule has 4 saturated heterocycles. The first-order chi connectivity index (χ1) is 64.6. The Balaban J connectivity index is 0.0000490. The molecule has 20 N–H and O–H groups in total. The molecule has 0 aromatic heterocycles. The number of hydrogen-bond donors (Lipinski definition) is 20. The van der Waals surface area contributed by atoms with Gasteiger partial charge in [-0.3, -0.25) is 174 Å². The topological polar surface area (TPSA) is 732 Å². The maximum atomic E-state index is 14.5. The van der Waals surface area contributed by atoms with Crippen molar-refractivity contribution < 1.29 is 317 Å². The van der Waals surface area contributed by atoms with Crippen molar-refractivity contribution in [3.05, 3.63) is 0 Å². The van der Waals surface area contributed by atoms with Crippen molar-refractivity contribution in [1.82, 2.24) is 121 Å². The molecule has 0 saturated carbocycles. The molecule has 4 radical (unpaired) electrons. The van der Waals surface area contributed by atoms with E-state index >= 15 is 0 Å². The Bertz CT molecular complexity index is 3420. The molecule has 4 heterocycles. The zero-order chi connectivity index (χ0) is 102. The van der Waals surface area contributed by atoms with Crippen LogP contribution in [0.3, 0.4) is 0 Å². The Morgan fingerprint density at radius 2 is 0.284 bits per heavy atom. The van der Waals surface area contributed by atoms with Gasteiger partial charge in [0.05, 0.1) is 129 Å². The molecule has 4 atom stereocenters. The van der Waals surface area contributed by atoms with Crippen molar-refractivity contribution in [3.63, 3.8) is 0 Å². The van der Waals surface area contributed by atoms with Crippen LogP contribution in [0.2, 0.25) is 0 Å². The van der Waals surface area contributed by atoms with E-state index < -0.39 is 279 Å². The smallest absolute Gasteiger partial charge is 0.480 e. The number of hydrogen-bond acceptors (Lipinski definition) is 36. The van der Waals surface area contributed by atoms with Crippen LogP contribution in [0.5, 0.6) is 0 Å². The van der Waals surface area contributed by atoms with Gasteiger partial charge in [-0.2, -0.15) is 0 Å². The molecule has 796 valence electrons. The Labute approximate surface area is 944 Å². The molecule has 0 unspecified atom stereocenters. The fourth-order valence-electron chi connectivity index (χ4n) is 15.6. The molecule has 56 nitrogen and oxygen atoms in total. The molecule has 0 aromatic carbocycles. The van der Waals surface area contributed by atoms with E-state index in [4.69, 9.17) is 0 Å². The average molecular weight is 2590 g/mol. The molecule has 0 bridgehead atoms. The van der Waals surface area contributed by atoms with Crippen LogP contribution in [0.15, 0.2) is 0 Å². The van der Waals surface area contributed by atoms with Crippen LogP contribution in [0.4, 0.5) is 0 Å². The van der Waals surface area contributed by atoms with Gasteiger partial charge in [-0.25, -0.2) is 0 Å². The Kier molecular flexibility index (Phi) is 70.1. The first kappa shape index (κ1) is 135. The predicted octanol–water partition coefficient (Wildman–Crippen LogP) is -13.6. The van der Waals surface area contributed by atoms with Crippen LogP contribution in [0.1, 0.15) is 27.7 Å². The molecule has 4 aliphatic heterocycles. The van der Waals surface area contributed by atoms with E-state index in [0.717, 1.165) is 0 Å². The first-order valence-electron chi connectivity index (χ1n) is 45.1. The van der Waals surface area contributed by atoms with Gasteiger partial charge in [0.25, 0.3) is 0 Å².